The Labute approximate surface area is 54.6 Å². The highest BCUT2D eigenvalue weighted by Crippen LogP contribution is 1.87. The van der Waals surface area contributed by atoms with Crippen LogP contribution < -0.4 is 0 Å². The monoisotopic (exact) mass is 136 g/mol. The Kier molecular flexibility index (Phi) is 6.09. The number of carboxylic acids is 1. The lowest BCUT2D eigenvalue weighted by molar-refractivity contribution is -0.132. The van der Waals surface area contributed by atoms with Gasteiger partial charge in [0.2, 0.25) is 0 Å². The summed E-state index contributed by atoms with van der Waals surface area (Å²) in [6, 6.07) is 0. The molecule has 2 nitrogen and oxygen atoms in total. The molecule has 0 atom stereocenters. The fourth-order valence-electron chi connectivity index (χ4n) is 0.123. The van der Waals surface area contributed by atoms with Gasteiger partial charge < -0.3 is 5.11 Å². The first-order valence-electron chi connectivity index (χ1n) is 2.04. The fraction of sp³-hybridized carbons (Fsp3) is 0.400. The van der Waals surface area contributed by atoms with Gasteiger partial charge in [-0.05, 0) is 13.8 Å². The van der Waals surface area contributed by atoms with E-state index in [2.05, 4.69) is 0 Å². The highest BCUT2D eigenvalue weighted by atomic mass is 35.5. The van der Waals surface area contributed by atoms with E-state index >= 15 is 0 Å². The minimum atomic E-state index is -0.845. The zero-order chi connectivity index (χ0) is 5.86. The van der Waals surface area contributed by atoms with Crippen LogP contribution >= 0.6 is 12.4 Å². The Balaban J connectivity index is 0. The minimum absolute atomic E-state index is 0. The van der Waals surface area contributed by atoms with Crippen molar-refractivity contribution in [3.8, 4) is 0 Å². The summed E-state index contributed by atoms with van der Waals surface area (Å²) >= 11 is 0. The minimum Gasteiger partial charge on any atom is -0.478 e. The molecule has 0 rings (SSSR count). The summed E-state index contributed by atoms with van der Waals surface area (Å²) in [5.74, 6) is -0.845. The lowest BCUT2D eigenvalue weighted by Gasteiger charge is -1.84. The van der Waals surface area contributed by atoms with Gasteiger partial charge in [0, 0.05) is 5.57 Å². The Morgan fingerprint density at radius 1 is 1.62 bits per heavy atom. The molecule has 0 aliphatic carbocycles. The quantitative estimate of drug-likeness (QED) is 0.554. The van der Waals surface area contributed by atoms with Crippen molar-refractivity contribution in [3.05, 3.63) is 11.6 Å². The van der Waals surface area contributed by atoms with Crippen molar-refractivity contribution in [3.63, 3.8) is 0 Å². The van der Waals surface area contributed by atoms with Gasteiger partial charge in [0.25, 0.3) is 0 Å². The van der Waals surface area contributed by atoms with Gasteiger partial charge in [-0.3, -0.25) is 0 Å². The van der Waals surface area contributed by atoms with E-state index in [4.69, 9.17) is 5.11 Å². The first-order chi connectivity index (χ1) is 3.18. The maximum atomic E-state index is 9.86. The van der Waals surface area contributed by atoms with Crippen LogP contribution in [0.5, 0.6) is 0 Å². The molecule has 0 aliphatic rings. The van der Waals surface area contributed by atoms with E-state index in [0.717, 1.165) is 0 Å². The predicted octanol–water partition coefficient (Wildman–Crippen LogP) is 1.46. The largest absolute Gasteiger partial charge is 0.478 e. The van der Waals surface area contributed by atoms with Gasteiger partial charge in [0.1, 0.15) is 0 Å². The molecular weight excluding hydrogens is 128 g/mol. The Bertz CT molecular complexity index is 107. The molecule has 48 valence electrons. The maximum Gasteiger partial charge on any atom is 0.330 e. The zero-order valence-electron chi connectivity index (χ0n) is 4.84. The first kappa shape index (κ1) is 10.5. The van der Waals surface area contributed by atoms with Crippen LogP contribution in [0.25, 0.3) is 0 Å². The molecule has 0 aromatic rings. The number of hydrogen-bond donors (Lipinski definition) is 1. The van der Waals surface area contributed by atoms with Gasteiger partial charge in [0.15, 0.2) is 0 Å². The molecule has 0 amide bonds. The van der Waals surface area contributed by atoms with E-state index in [-0.39, 0.29) is 12.4 Å². The van der Waals surface area contributed by atoms with Crippen molar-refractivity contribution in [1.82, 2.24) is 0 Å². The molecule has 0 saturated heterocycles. The average molecular weight is 137 g/mol. The number of allylic oxidation sites excluding steroid dienone is 1. The van der Waals surface area contributed by atoms with E-state index in [0.29, 0.717) is 5.57 Å². The van der Waals surface area contributed by atoms with E-state index in [9.17, 15) is 4.79 Å². The van der Waals surface area contributed by atoms with Crippen LogP contribution in [0.4, 0.5) is 0 Å². The van der Waals surface area contributed by atoms with E-state index < -0.39 is 5.97 Å². The Morgan fingerprint density at radius 2 is 2.00 bits per heavy atom. The van der Waals surface area contributed by atoms with Crippen LogP contribution in [0, 0.1) is 0 Å². The lowest BCUT2D eigenvalue weighted by Crippen LogP contribution is -1.93. The zero-order valence-corrected chi connectivity index (χ0v) is 5.66. The molecule has 0 radical (unpaired) electrons. The van der Waals surface area contributed by atoms with E-state index in [1.54, 1.807) is 19.9 Å². The van der Waals surface area contributed by atoms with Gasteiger partial charge in [-0.2, -0.15) is 0 Å². The van der Waals surface area contributed by atoms with Gasteiger partial charge in [-0.15, -0.1) is 12.4 Å². The molecule has 0 bridgehead atoms. The molecule has 0 fully saturated rings. The third-order valence-electron chi connectivity index (χ3n) is 0.770. The number of carbonyl (C=O) groups is 1. The molecule has 8 heavy (non-hydrogen) atoms. The third-order valence-corrected chi connectivity index (χ3v) is 0.770. The van der Waals surface area contributed by atoms with Crippen LogP contribution in [0.2, 0.25) is 0 Å². The Morgan fingerprint density at radius 3 is 2.00 bits per heavy atom. The summed E-state index contributed by atoms with van der Waals surface area (Å²) < 4.78 is 0. The smallest absolute Gasteiger partial charge is 0.330 e. The number of halogens is 1. The second kappa shape index (κ2) is 4.65. The van der Waals surface area contributed by atoms with Crippen LogP contribution in [0.1, 0.15) is 13.8 Å². The van der Waals surface area contributed by atoms with Gasteiger partial charge in [-0.1, -0.05) is 6.08 Å². The molecule has 0 unspecified atom stereocenters. The number of hydrogen-bond acceptors (Lipinski definition) is 1. The molecule has 0 spiro atoms. The number of rotatable bonds is 1. The van der Waals surface area contributed by atoms with Crippen LogP contribution in [0.3, 0.4) is 0 Å². The molecule has 0 saturated carbocycles. The van der Waals surface area contributed by atoms with Crippen molar-refractivity contribution in [2.24, 2.45) is 0 Å². The van der Waals surface area contributed by atoms with Crippen LogP contribution in [-0.4, -0.2) is 11.1 Å². The topological polar surface area (TPSA) is 37.3 Å². The van der Waals surface area contributed by atoms with Gasteiger partial charge in [0.05, 0.1) is 0 Å². The SMILES string of the molecule is C/C=C(\C)C(=O)O.Cl. The van der Waals surface area contributed by atoms with Crippen molar-refractivity contribution in [2.45, 2.75) is 13.8 Å². The summed E-state index contributed by atoms with van der Waals surface area (Å²) in [6.45, 7) is 3.26. The third kappa shape index (κ3) is 3.68. The van der Waals surface area contributed by atoms with Crippen LogP contribution in [0.15, 0.2) is 11.6 Å². The maximum absolute atomic E-state index is 9.86. The second-order valence-corrected chi connectivity index (χ2v) is 1.28. The second-order valence-electron chi connectivity index (χ2n) is 1.28. The molecule has 0 aromatic carbocycles. The highest BCUT2D eigenvalue weighted by Gasteiger charge is 1.93. The molecule has 3 heteroatoms. The molecule has 1 N–H and O–H groups in total. The summed E-state index contributed by atoms with van der Waals surface area (Å²) in [5, 5.41) is 8.11. The van der Waals surface area contributed by atoms with Crippen molar-refractivity contribution in [1.29, 1.82) is 0 Å². The summed E-state index contributed by atoms with van der Waals surface area (Å²) in [4.78, 5) is 9.86. The van der Waals surface area contributed by atoms with Gasteiger partial charge >= 0.3 is 5.97 Å². The van der Waals surface area contributed by atoms with Crippen LogP contribution in [-0.2, 0) is 4.79 Å². The summed E-state index contributed by atoms with van der Waals surface area (Å²) in [6.07, 6.45) is 1.56. The molecule has 0 aromatic heterocycles. The molecule has 0 aliphatic heterocycles. The lowest BCUT2D eigenvalue weighted by atomic mass is 10.3. The predicted molar refractivity (Wildman–Crippen MR) is 34.3 cm³/mol. The van der Waals surface area contributed by atoms with Gasteiger partial charge in [-0.25, -0.2) is 4.79 Å². The number of aliphatic carboxylic acids is 1. The number of carboxylic acid groups (broad SMARTS) is 1. The first-order valence-corrected chi connectivity index (χ1v) is 2.04. The summed E-state index contributed by atoms with van der Waals surface area (Å²) in [7, 11) is 0. The summed E-state index contributed by atoms with van der Waals surface area (Å²) in [5.41, 5.74) is 0.389. The van der Waals surface area contributed by atoms with E-state index in [1.807, 2.05) is 0 Å². The Hall–Kier alpha value is -0.500. The van der Waals surface area contributed by atoms with E-state index in [1.165, 1.54) is 0 Å². The average Bonchev–Trinajstić information content (AvgIpc) is 1.65. The highest BCUT2D eigenvalue weighted by molar-refractivity contribution is 5.85. The van der Waals surface area contributed by atoms with Crippen molar-refractivity contribution < 1.29 is 9.90 Å². The van der Waals surface area contributed by atoms with Crippen molar-refractivity contribution in [2.75, 3.05) is 0 Å². The molecular formula is C5H9ClO2. The molecule has 0 heterocycles. The normalized spacial score (nSPS) is 10.0. The van der Waals surface area contributed by atoms with Crippen molar-refractivity contribution >= 4 is 18.4 Å². The fourth-order valence-corrected chi connectivity index (χ4v) is 0.123. The standard InChI is InChI=1S/C5H8O2.ClH/c1-3-4(2)5(6)7;/h3H,1-2H3,(H,6,7);1H/b4-3+;.